The van der Waals surface area contributed by atoms with Crippen LogP contribution in [0.3, 0.4) is 0 Å². The van der Waals surface area contributed by atoms with E-state index in [1.807, 2.05) is 30.5 Å². The van der Waals surface area contributed by atoms with Crippen molar-refractivity contribution in [1.29, 1.82) is 0 Å². The summed E-state index contributed by atoms with van der Waals surface area (Å²) in [6, 6.07) is 12.3. The Bertz CT molecular complexity index is 580. The van der Waals surface area contributed by atoms with Crippen molar-refractivity contribution in [2.24, 2.45) is 0 Å². The van der Waals surface area contributed by atoms with E-state index in [4.69, 9.17) is 0 Å². The van der Waals surface area contributed by atoms with E-state index in [1.54, 1.807) is 11.3 Å². The summed E-state index contributed by atoms with van der Waals surface area (Å²) < 4.78 is 0. The minimum absolute atomic E-state index is 0.0565. The van der Waals surface area contributed by atoms with Gasteiger partial charge in [-0.25, -0.2) is 0 Å². The molecule has 1 aromatic heterocycles. The second kappa shape index (κ2) is 7.27. The van der Waals surface area contributed by atoms with Crippen LogP contribution in [-0.4, -0.2) is 19.0 Å². The van der Waals surface area contributed by atoms with E-state index in [0.29, 0.717) is 6.54 Å². The van der Waals surface area contributed by atoms with Crippen molar-refractivity contribution in [2.75, 3.05) is 18.0 Å². The molecule has 0 saturated carbocycles. The number of hydrogen-bond acceptors (Lipinski definition) is 3. The van der Waals surface area contributed by atoms with Gasteiger partial charge in [0.2, 0.25) is 5.91 Å². The van der Waals surface area contributed by atoms with Gasteiger partial charge in [0.25, 0.3) is 0 Å². The number of carbonyl (C=O) groups excluding carboxylic acids is 1. The highest BCUT2D eigenvalue weighted by Crippen LogP contribution is 2.20. The zero-order chi connectivity index (χ0) is 15.2. The molecular weight excluding hydrogens is 280 g/mol. The summed E-state index contributed by atoms with van der Waals surface area (Å²) in [5.74, 6) is 0.0565. The lowest BCUT2D eigenvalue weighted by atomic mass is 10.2. The van der Waals surface area contributed by atoms with E-state index < -0.39 is 0 Å². The fourth-order valence-electron chi connectivity index (χ4n) is 2.35. The Morgan fingerprint density at radius 1 is 1.29 bits per heavy atom. The quantitative estimate of drug-likeness (QED) is 0.881. The van der Waals surface area contributed by atoms with Crippen LogP contribution in [0.5, 0.6) is 0 Å². The molecule has 0 bridgehead atoms. The van der Waals surface area contributed by atoms with Crippen molar-refractivity contribution in [1.82, 2.24) is 5.32 Å². The topological polar surface area (TPSA) is 32.3 Å². The van der Waals surface area contributed by atoms with Crippen LogP contribution in [0.4, 0.5) is 5.69 Å². The van der Waals surface area contributed by atoms with Gasteiger partial charge < -0.3 is 10.2 Å². The third-order valence-electron chi connectivity index (χ3n) is 3.52. The van der Waals surface area contributed by atoms with Gasteiger partial charge in [-0.3, -0.25) is 4.79 Å². The lowest BCUT2D eigenvalue weighted by Crippen LogP contribution is -2.38. The highest BCUT2D eigenvalue weighted by Gasteiger charge is 2.14. The standard InChI is InChI=1S/C17H22N2OS/c1-4-19(15-9-6-5-8-13(15)2)12-17(20)18-14(3)16-10-7-11-21-16/h5-11,14H,4,12H2,1-3H3,(H,18,20). The minimum Gasteiger partial charge on any atom is -0.362 e. The number of para-hydroxylation sites is 1. The van der Waals surface area contributed by atoms with Crippen LogP contribution in [-0.2, 0) is 4.79 Å². The molecule has 1 aromatic carbocycles. The molecule has 0 aliphatic heterocycles. The molecule has 112 valence electrons. The van der Waals surface area contributed by atoms with Gasteiger partial charge in [-0.2, -0.15) is 0 Å². The lowest BCUT2D eigenvalue weighted by Gasteiger charge is -2.25. The number of nitrogens with zero attached hydrogens (tertiary/aromatic N) is 1. The summed E-state index contributed by atoms with van der Waals surface area (Å²) in [4.78, 5) is 15.5. The van der Waals surface area contributed by atoms with Gasteiger partial charge in [0.05, 0.1) is 12.6 Å². The molecule has 1 atom stereocenters. The average molecular weight is 302 g/mol. The van der Waals surface area contributed by atoms with Gasteiger partial charge in [0.1, 0.15) is 0 Å². The molecule has 0 saturated heterocycles. The van der Waals surface area contributed by atoms with Crippen molar-refractivity contribution in [3.63, 3.8) is 0 Å². The maximum absolute atomic E-state index is 12.3. The van der Waals surface area contributed by atoms with Gasteiger partial charge in [0.15, 0.2) is 0 Å². The van der Waals surface area contributed by atoms with Crippen LogP contribution in [0.2, 0.25) is 0 Å². The Kier molecular flexibility index (Phi) is 5.39. The molecule has 4 heteroatoms. The van der Waals surface area contributed by atoms with Crippen LogP contribution in [0.15, 0.2) is 41.8 Å². The number of nitrogens with one attached hydrogen (secondary N) is 1. The molecule has 0 aliphatic rings. The zero-order valence-corrected chi connectivity index (χ0v) is 13.6. The van der Waals surface area contributed by atoms with Crippen LogP contribution in [0.1, 0.15) is 30.3 Å². The van der Waals surface area contributed by atoms with Gasteiger partial charge >= 0.3 is 0 Å². The zero-order valence-electron chi connectivity index (χ0n) is 12.8. The molecule has 0 radical (unpaired) electrons. The van der Waals surface area contributed by atoms with Crippen molar-refractivity contribution >= 4 is 22.9 Å². The fourth-order valence-corrected chi connectivity index (χ4v) is 3.09. The summed E-state index contributed by atoms with van der Waals surface area (Å²) in [5, 5.41) is 5.10. The first kappa shape index (κ1) is 15.6. The number of hydrogen-bond donors (Lipinski definition) is 1. The normalized spacial score (nSPS) is 12.0. The summed E-state index contributed by atoms with van der Waals surface area (Å²) in [6.07, 6.45) is 0. The predicted molar refractivity (Wildman–Crippen MR) is 89.9 cm³/mol. The van der Waals surface area contributed by atoms with Gasteiger partial charge in [-0.05, 0) is 43.8 Å². The predicted octanol–water partition coefficient (Wildman–Crippen LogP) is 3.76. The van der Waals surface area contributed by atoms with E-state index >= 15 is 0 Å². The Morgan fingerprint density at radius 2 is 2.05 bits per heavy atom. The molecule has 1 heterocycles. The van der Waals surface area contributed by atoms with Gasteiger partial charge in [0, 0.05) is 17.1 Å². The van der Waals surface area contributed by atoms with Crippen molar-refractivity contribution in [2.45, 2.75) is 26.8 Å². The highest BCUT2D eigenvalue weighted by atomic mass is 32.1. The molecule has 1 N–H and O–H groups in total. The summed E-state index contributed by atoms with van der Waals surface area (Å²) in [5.41, 5.74) is 2.32. The molecule has 0 aliphatic carbocycles. The van der Waals surface area contributed by atoms with E-state index in [0.717, 1.165) is 12.2 Å². The second-order valence-electron chi connectivity index (χ2n) is 5.11. The SMILES string of the molecule is CCN(CC(=O)NC(C)c1cccs1)c1ccccc1C. The first-order chi connectivity index (χ1) is 10.1. The van der Waals surface area contributed by atoms with Crippen LogP contribution < -0.4 is 10.2 Å². The third-order valence-corrected chi connectivity index (χ3v) is 4.57. The molecule has 2 rings (SSSR count). The second-order valence-corrected chi connectivity index (χ2v) is 6.08. The highest BCUT2D eigenvalue weighted by molar-refractivity contribution is 7.10. The van der Waals surface area contributed by atoms with E-state index in [9.17, 15) is 4.79 Å². The van der Waals surface area contributed by atoms with E-state index in [1.165, 1.54) is 10.4 Å². The third kappa shape index (κ3) is 4.08. The maximum atomic E-state index is 12.3. The Labute approximate surface area is 130 Å². The Morgan fingerprint density at radius 3 is 2.67 bits per heavy atom. The average Bonchev–Trinajstić information content (AvgIpc) is 3.00. The van der Waals surface area contributed by atoms with Crippen molar-refractivity contribution in [3.05, 3.63) is 52.2 Å². The van der Waals surface area contributed by atoms with Crippen LogP contribution in [0, 0.1) is 6.92 Å². The minimum atomic E-state index is 0.0565. The maximum Gasteiger partial charge on any atom is 0.240 e. The van der Waals surface area contributed by atoms with Gasteiger partial charge in [-0.15, -0.1) is 11.3 Å². The van der Waals surface area contributed by atoms with Crippen LogP contribution >= 0.6 is 11.3 Å². The fraction of sp³-hybridized carbons (Fsp3) is 0.353. The number of likely N-dealkylation sites (N-methyl/N-ethyl adjacent to an activating group) is 1. The molecule has 0 fully saturated rings. The number of anilines is 1. The molecular formula is C17H22N2OS. The first-order valence-electron chi connectivity index (χ1n) is 7.25. The summed E-state index contributed by atoms with van der Waals surface area (Å²) in [6.45, 7) is 7.36. The number of aryl methyl sites for hydroxylation is 1. The number of thiophene rings is 1. The van der Waals surface area contributed by atoms with Crippen molar-refractivity contribution < 1.29 is 4.79 Å². The Balaban J connectivity index is 1.99. The van der Waals surface area contributed by atoms with E-state index in [2.05, 4.69) is 42.3 Å². The molecule has 2 aromatic rings. The van der Waals surface area contributed by atoms with Crippen LogP contribution in [0.25, 0.3) is 0 Å². The molecule has 21 heavy (non-hydrogen) atoms. The summed E-state index contributed by atoms with van der Waals surface area (Å²) in [7, 11) is 0. The monoisotopic (exact) mass is 302 g/mol. The number of benzene rings is 1. The molecule has 0 spiro atoms. The molecule has 1 unspecified atom stereocenters. The van der Waals surface area contributed by atoms with Gasteiger partial charge in [-0.1, -0.05) is 24.3 Å². The number of rotatable bonds is 6. The number of carbonyl (C=O) groups is 1. The summed E-state index contributed by atoms with van der Waals surface area (Å²) >= 11 is 1.67. The molecule has 3 nitrogen and oxygen atoms in total. The largest absolute Gasteiger partial charge is 0.362 e. The lowest BCUT2D eigenvalue weighted by molar-refractivity contribution is -0.120. The smallest absolute Gasteiger partial charge is 0.240 e. The molecule has 1 amide bonds. The Hall–Kier alpha value is -1.81. The van der Waals surface area contributed by atoms with E-state index in [-0.39, 0.29) is 11.9 Å². The van der Waals surface area contributed by atoms with Crippen molar-refractivity contribution in [3.8, 4) is 0 Å². The first-order valence-corrected chi connectivity index (χ1v) is 8.13. The number of amides is 1.